The Morgan fingerprint density at radius 1 is 1.50 bits per heavy atom. The lowest BCUT2D eigenvalue weighted by Crippen LogP contribution is -2.36. The van der Waals surface area contributed by atoms with E-state index < -0.39 is 11.9 Å². The monoisotopic (exact) mass is 225 g/mol. The van der Waals surface area contributed by atoms with Gasteiger partial charge in [-0.25, -0.2) is 4.39 Å². The van der Waals surface area contributed by atoms with Crippen molar-refractivity contribution in [3.63, 3.8) is 0 Å². The van der Waals surface area contributed by atoms with Gasteiger partial charge in [0, 0.05) is 0 Å². The number of hydrogen-bond acceptors (Lipinski definition) is 3. The highest BCUT2D eigenvalue weighted by Gasteiger charge is 2.06. The topological polar surface area (TPSA) is 55.4 Å². The first-order chi connectivity index (χ1) is 7.61. The Morgan fingerprint density at radius 3 is 2.69 bits per heavy atom. The maximum absolute atomic E-state index is 12.5. The van der Waals surface area contributed by atoms with Gasteiger partial charge >= 0.3 is 0 Å². The lowest BCUT2D eigenvalue weighted by molar-refractivity contribution is -0.125. The van der Waals surface area contributed by atoms with Crippen LogP contribution < -0.4 is 10.1 Å². The fourth-order valence-electron chi connectivity index (χ4n) is 1.01. The van der Waals surface area contributed by atoms with Crippen molar-refractivity contribution < 1.29 is 18.7 Å². The van der Waals surface area contributed by atoms with Crippen molar-refractivity contribution >= 4 is 12.2 Å². The molecule has 1 amide bonds. The largest absolute Gasteiger partial charge is 0.484 e. The number of nitrogens with one attached hydrogen (secondary N) is 1. The molecule has 0 saturated carbocycles. The molecule has 0 fully saturated rings. The summed E-state index contributed by atoms with van der Waals surface area (Å²) in [6.45, 7) is 1.35. The van der Waals surface area contributed by atoms with Crippen LogP contribution >= 0.6 is 0 Å². The van der Waals surface area contributed by atoms with Crippen LogP contribution in [0.15, 0.2) is 24.3 Å². The van der Waals surface area contributed by atoms with E-state index in [1.54, 1.807) is 6.92 Å². The Bertz CT molecular complexity index is 364. The number of aldehydes is 1. The molecule has 16 heavy (non-hydrogen) atoms. The van der Waals surface area contributed by atoms with Crippen LogP contribution in [-0.4, -0.2) is 24.8 Å². The first kappa shape index (κ1) is 12.2. The molecule has 0 aromatic heterocycles. The van der Waals surface area contributed by atoms with Crippen molar-refractivity contribution in [3.8, 4) is 5.75 Å². The van der Waals surface area contributed by atoms with Crippen molar-refractivity contribution in [1.29, 1.82) is 0 Å². The smallest absolute Gasteiger partial charge is 0.258 e. The van der Waals surface area contributed by atoms with E-state index in [9.17, 15) is 14.0 Å². The number of carbonyl (C=O) groups is 2. The molecule has 0 radical (unpaired) electrons. The molecule has 1 atom stereocenters. The van der Waals surface area contributed by atoms with Crippen molar-refractivity contribution in [3.05, 3.63) is 30.1 Å². The maximum atomic E-state index is 12.5. The van der Waals surface area contributed by atoms with Crippen LogP contribution in [0.4, 0.5) is 4.39 Å². The number of halogens is 1. The first-order valence-corrected chi connectivity index (χ1v) is 4.75. The molecule has 0 aliphatic carbocycles. The minimum atomic E-state index is -0.538. The van der Waals surface area contributed by atoms with Crippen LogP contribution in [0, 0.1) is 5.82 Å². The van der Waals surface area contributed by atoms with Crippen LogP contribution in [-0.2, 0) is 9.59 Å². The Labute approximate surface area is 92.4 Å². The Morgan fingerprint density at radius 2 is 2.12 bits per heavy atom. The molecule has 1 aromatic carbocycles. The average Bonchev–Trinajstić information content (AvgIpc) is 2.28. The molecule has 1 N–H and O–H groups in total. The molecule has 86 valence electrons. The summed E-state index contributed by atoms with van der Waals surface area (Å²) in [5, 5.41) is 2.41. The van der Waals surface area contributed by atoms with E-state index in [2.05, 4.69) is 5.32 Å². The molecule has 4 nitrogen and oxygen atoms in total. The van der Waals surface area contributed by atoms with Crippen molar-refractivity contribution in [2.75, 3.05) is 6.61 Å². The Hall–Kier alpha value is -1.91. The molecule has 0 saturated heterocycles. The summed E-state index contributed by atoms with van der Waals surface area (Å²) in [6, 6.07) is 4.78. The second-order valence-electron chi connectivity index (χ2n) is 3.23. The molecule has 0 bridgehead atoms. The quantitative estimate of drug-likeness (QED) is 0.758. The third-order valence-corrected chi connectivity index (χ3v) is 1.78. The van der Waals surface area contributed by atoms with E-state index in [0.717, 1.165) is 0 Å². The summed E-state index contributed by atoms with van der Waals surface area (Å²) in [4.78, 5) is 21.4. The molecule has 1 rings (SSSR count). The lowest BCUT2D eigenvalue weighted by Gasteiger charge is -2.08. The number of benzene rings is 1. The summed E-state index contributed by atoms with van der Waals surface area (Å²) in [5.74, 6) is -0.370. The molecular formula is C11H12FNO3. The molecular weight excluding hydrogens is 213 g/mol. The fraction of sp³-hybridized carbons (Fsp3) is 0.273. The summed E-state index contributed by atoms with van der Waals surface area (Å²) in [6.07, 6.45) is 0.621. The first-order valence-electron chi connectivity index (χ1n) is 4.75. The normalized spacial score (nSPS) is 11.6. The third-order valence-electron chi connectivity index (χ3n) is 1.78. The zero-order valence-electron chi connectivity index (χ0n) is 8.77. The van der Waals surface area contributed by atoms with Crippen LogP contribution in [0.3, 0.4) is 0 Å². The van der Waals surface area contributed by atoms with Gasteiger partial charge in [0.2, 0.25) is 0 Å². The van der Waals surface area contributed by atoms with E-state index in [1.165, 1.54) is 24.3 Å². The number of amides is 1. The van der Waals surface area contributed by atoms with Gasteiger partial charge in [0.15, 0.2) is 6.61 Å². The predicted molar refractivity (Wildman–Crippen MR) is 55.6 cm³/mol. The van der Waals surface area contributed by atoms with Gasteiger partial charge in [0.1, 0.15) is 17.9 Å². The second kappa shape index (κ2) is 5.85. The molecule has 1 aromatic rings. The number of rotatable bonds is 5. The van der Waals surface area contributed by atoms with Gasteiger partial charge in [-0.1, -0.05) is 0 Å². The summed E-state index contributed by atoms with van der Waals surface area (Å²) < 4.78 is 17.6. The van der Waals surface area contributed by atoms with Crippen molar-refractivity contribution in [2.24, 2.45) is 0 Å². The van der Waals surface area contributed by atoms with Gasteiger partial charge in [0.25, 0.3) is 5.91 Å². The summed E-state index contributed by atoms with van der Waals surface area (Å²) in [5.41, 5.74) is 0. The zero-order chi connectivity index (χ0) is 12.0. The molecule has 0 heterocycles. The third kappa shape index (κ3) is 4.08. The van der Waals surface area contributed by atoms with E-state index in [0.29, 0.717) is 12.0 Å². The molecule has 0 aliphatic rings. The van der Waals surface area contributed by atoms with Gasteiger partial charge in [0.05, 0.1) is 6.04 Å². The molecule has 5 heteroatoms. The average molecular weight is 225 g/mol. The van der Waals surface area contributed by atoms with Gasteiger partial charge in [-0.15, -0.1) is 0 Å². The van der Waals surface area contributed by atoms with Gasteiger partial charge in [-0.2, -0.15) is 0 Å². The van der Waals surface area contributed by atoms with Crippen molar-refractivity contribution in [2.45, 2.75) is 13.0 Å². The predicted octanol–water partition coefficient (Wildman–Crippen LogP) is 0.908. The van der Waals surface area contributed by atoms with Crippen molar-refractivity contribution in [1.82, 2.24) is 5.32 Å². The highest BCUT2D eigenvalue weighted by molar-refractivity contribution is 5.80. The standard InChI is InChI=1S/C11H12FNO3/c1-8(6-14)13-11(15)7-16-10-4-2-9(12)3-5-10/h2-6,8H,7H2,1H3,(H,13,15)/t8-/m0/s1. The second-order valence-corrected chi connectivity index (χ2v) is 3.23. The maximum Gasteiger partial charge on any atom is 0.258 e. The minimum Gasteiger partial charge on any atom is -0.484 e. The number of hydrogen-bond donors (Lipinski definition) is 1. The molecule has 0 aliphatic heterocycles. The van der Waals surface area contributed by atoms with E-state index in [1.807, 2.05) is 0 Å². The Kier molecular flexibility index (Phi) is 4.44. The number of carbonyl (C=O) groups excluding carboxylic acids is 2. The zero-order valence-corrected chi connectivity index (χ0v) is 8.77. The van der Waals surface area contributed by atoms with Gasteiger partial charge < -0.3 is 14.8 Å². The fourth-order valence-corrected chi connectivity index (χ4v) is 1.01. The van der Waals surface area contributed by atoms with E-state index in [-0.39, 0.29) is 12.4 Å². The Balaban J connectivity index is 2.37. The molecule has 0 unspecified atom stereocenters. The van der Waals surface area contributed by atoms with Crippen LogP contribution in [0.5, 0.6) is 5.75 Å². The van der Waals surface area contributed by atoms with Crippen LogP contribution in [0.1, 0.15) is 6.92 Å². The highest BCUT2D eigenvalue weighted by Crippen LogP contribution is 2.10. The van der Waals surface area contributed by atoms with Gasteiger partial charge in [-0.05, 0) is 31.2 Å². The van der Waals surface area contributed by atoms with E-state index in [4.69, 9.17) is 4.74 Å². The summed E-state index contributed by atoms with van der Waals surface area (Å²) >= 11 is 0. The minimum absolute atomic E-state index is 0.205. The number of ether oxygens (including phenoxy) is 1. The lowest BCUT2D eigenvalue weighted by atomic mass is 10.3. The molecule has 0 spiro atoms. The van der Waals surface area contributed by atoms with Gasteiger partial charge in [-0.3, -0.25) is 4.79 Å². The van der Waals surface area contributed by atoms with E-state index >= 15 is 0 Å². The van der Waals surface area contributed by atoms with Crippen LogP contribution in [0.25, 0.3) is 0 Å². The highest BCUT2D eigenvalue weighted by atomic mass is 19.1. The SMILES string of the molecule is C[C@@H](C=O)NC(=O)COc1ccc(F)cc1. The summed E-state index contributed by atoms with van der Waals surface area (Å²) in [7, 11) is 0. The van der Waals surface area contributed by atoms with Crippen LogP contribution in [0.2, 0.25) is 0 Å².